The second-order valence-corrected chi connectivity index (χ2v) is 8.35. The Morgan fingerprint density at radius 3 is 2.83 bits per heavy atom. The summed E-state index contributed by atoms with van der Waals surface area (Å²) < 4.78 is 5.84. The van der Waals surface area contributed by atoms with E-state index in [-0.39, 0.29) is 5.91 Å². The molecule has 2 aromatic rings. The molecular weight excluding hydrogens is 384 g/mol. The van der Waals surface area contributed by atoms with E-state index in [0.717, 1.165) is 35.9 Å². The van der Waals surface area contributed by atoms with Crippen molar-refractivity contribution < 1.29 is 9.53 Å². The Hall–Kier alpha value is -2.67. The number of rotatable bonds is 8. The zero-order valence-corrected chi connectivity index (χ0v) is 17.7. The summed E-state index contributed by atoms with van der Waals surface area (Å²) >= 11 is 1.84. The Labute approximate surface area is 176 Å². The van der Waals surface area contributed by atoms with Crippen molar-refractivity contribution in [2.75, 3.05) is 32.1 Å². The summed E-state index contributed by atoms with van der Waals surface area (Å²) in [5, 5.41) is 9.93. The molecule has 0 radical (unpaired) electrons. The Balaban J connectivity index is 1.36. The van der Waals surface area contributed by atoms with Gasteiger partial charge in [0.25, 0.3) is 0 Å². The van der Waals surface area contributed by atoms with Gasteiger partial charge in [-0.25, -0.2) is 0 Å². The van der Waals surface area contributed by atoms with Gasteiger partial charge in [-0.2, -0.15) is 0 Å². The van der Waals surface area contributed by atoms with Gasteiger partial charge in [-0.15, -0.1) is 11.8 Å². The SMILES string of the molecule is CN=C(NCCOc1ccc2c(c1)CCC(=O)N2)NCC(C)Sc1ccccc1. The van der Waals surface area contributed by atoms with Crippen LogP contribution in [0.2, 0.25) is 0 Å². The Morgan fingerprint density at radius 2 is 2.03 bits per heavy atom. The summed E-state index contributed by atoms with van der Waals surface area (Å²) in [6.45, 7) is 4.18. The van der Waals surface area contributed by atoms with Gasteiger partial charge in [0.15, 0.2) is 5.96 Å². The molecule has 1 atom stereocenters. The molecule has 3 rings (SSSR count). The van der Waals surface area contributed by atoms with Gasteiger partial charge in [-0.3, -0.25) is 9.79 Å². The lowest BCUT2D eigenvalue weighted by molar-refractivity contribution is -0.116. The van der Waals surface area contributed by atoms with E-state index in [2.05, 4.69) is 52.1 Å². The van der Waals surface area contributed by atoms with Crippen molar-refractivity contribution in [3.63, 3.8) is 0 Å². The van der Waals surface area contributed by atoms with E-state index in [0.29, 0.717) is 24.8 Å². The van der Waals surface area contributed by atoms with Gasteiger partial charge >= 0.3 is 0 Å². The number of ether oxygens (including phenoxy) is 1. The molecule has 0 spiro atoms. The molecule has 7 heteroatoms. The largest absolute Gasteiger partial charge is 0.492 e. The van der Waals surface area contributed by atoms with E-state index >= 15 is 0 Å². The Kier molecular flexibility index (Phi) is 7.81. The first-order valence-corrected chi connectivity index (χ1v) is 10.7. The molecule has 29 heavy (non-hydrogen) atoms. The zero-order valence-electron chi connectivity index (χ0n) is 16.9. The fraction of sp³-hybridized carbons (Fsp3) is 0.364. The minimum Gasteiger partial charge on any atom is -0.492 e. The number of benzene rings is 2. The third kappa shape index (κ3) is 6.71. The fourth-order valence-electron chi connectivity index (χ4n) is 3.02. The number of amides is 1. The van der Waals surface area contributed by atoms with Gasteiger partial charge in [-0.1, -0.05) is 25.1 Å². The van der Waals surface area contributed by atoms with E-state index in [1.165, 1.54) is 4.90 Å². The number of anilines is 1. The maximum atomic E-state index is 11.4. The van der Waals surface area contributed by atoms with Crippen LogP contribution in [0.15, 0.2) is 58.4 Å². The van der Waals surface area contributed by atoms with Crippen molar-refractivity contribution in [3.8, 4) is 5.75 Å². The molecule has 0 fully saturated rings. The lowest BCUT2D eigenvalue weighted by Gasteiger charge is -2.18. The molecule has 0 saturated heterocycles. The van der Waals surface area contributed by atoms with Crippen molar-refractivity contribution >= 4 is 29.3 Å². The van der Waals surface area contributed by atoms with Crippen LogP contribution in [0.1, 0.15) is 18.9 Å². The van der Waals surface area contributed by atoms with E-state index < -0.39 is 0 Å². The predicted molar refractivity (Wildman–Crippen MR) is 120 cm³/mol. The first kappa shape index (κ1) is 21.0. The van der Waals surface area contributed by atoms with E-state index in [1.807, 2.05) is 36.0 Å². The van der Waals surface area contributed by atoms with Crippen LogP contribution in [0.4, 0.5) is 5.69 Å². The topological polar surface area (TPSA) is 74.8 Å². The number of guanidine groups is 1. The van der Waals surface area contributed by atoms with Crippen LogP contribution >= 0.6 is 11.8 Å². The maximum Gasteiger partial charge on any atom is 0.224 e. The molecule has 1 unspecified atom stereocenters. The number of carbonyl (C=O) groups is 1. The van der Waals surface area contributed by atoms with Gasteiger partial charge in [0.05, 0.1) is 6.54 Å². The Morgan fingerprint density at radius 1 is 1.21 bits per heavy atom. The van der Waals surface area contributed by atoms with Crippen LogP contribution in [0, 0.1) is 0 Å². The second kappa shape index (κ2) is 10.8. The quantitative estimate of drug-likeness (QED) is 0.268. The number of aryl methyl sites for hydroxylation is 1. The summed E-state index contributed by atoms with van der Waals surface area (Å²) in [6.07, 6.45) is 1.29. The third-order valence-electron chi connectivity index (χ3n) is 4.50. The number of nitrogens with zero attached hydrogens (tertiary/aromatic N) is 1. The molecule has 154 valence electrons. The number of carbonyl (C=O) groups excluding carboxylic acids is 1. The molecule has 0 bridgehead atoms. The highest BCUT2D eigenvalue weighted by Crippen LogP contribution is 2.26. The van der Waals surface area contributed by atoms with Crippen LogP contribution in [0.3, 0.4) is 0 Å². The van der Waals surface area contributed by atoms with Gasteiger partial charge < -0.3 is 20.7 Å². The molecule has 6 nitrogen and oxygen atoms in total. The number of hydrogen-bond donors (Lipinski definition) is 3. The highest BCUT2D eigenvalue weighted by molar-refractivity contribution is 8.00. The van der Waals surface area contributed by atoms with Crippen molar-refractivity contribution in [3.05, 3.63) is 54.1 Å². The van der Waals surface area contributed by atoms with Crippen LogP contribution in [0.25, 0.3) is 0 Å². The van der Waals surface area contributed by atoms with Gasteiger partial charge in [0, 0.05) is 35.8 Å². The van der Waals surface area contributed by atoms with Crippen molar-refractivity contribution in [2.24, 2.45) is 4.99 Å². The van der Waals surface area contributed by atoms with Crippen LogP contribution in [-0.4, -0.2) is 43.9 Å². The molecule has 1 heterocycles. The third-order valence-corrected chi connectivity index (χ3v) is 5.61. The zero-order chi connectivity index (χ0) is 20.5. The minimum atomic E-state index is 0.0748. The fourth-order valence-corrected chi connectivity index (χ4v) is 3.97. The molecule has 0 aromatic heterocycles. The van der Waals surface area contributed by atoms with Crippen LogP contribution in [0.5, 0.6) is 5.75 Å². The second-order valence-electron chi connectivity index (χ2n) is 6.84. The normalized spacial score (nSPS) is 14.6. The average molecular weight is 413 g/mol. The molecule has 1 aliphatic heterocycles. The predicted octanol–water partition coefficient (Wildman–Crippen LogP) is 3.30. The van der Waals surface area contributed by atoms with E-state index in [9.17, 15) is 4.79 Å². The monoisotopic (exact) mass is 412 g/mol. The van der Waals surface area contributed by atoms with E-state index in [4.69, 9.17) is 4.74 Å². The summed E-state index contributed by atoms with van der Waals surface area (Å²) in [4.78, 5) is 17.0. The van der Waals surface area contributed by atoms with Gasteiger partial charge in [0.1, 0.15) is 12.4 Å². The van der Waals surface area contributed by atoms with E-state index in [1.54, 1.807) is 7.05 Å². The molecule has 3 N–H and O–H groups in total. The minimum absolute atomic E-state index is 0.0748. The summed E-state index contributed by atoms with van der Waals surface area (Å²) in [5.41, 5.74) is 2.01. The molecule has 2 aromatic carbocycles. The summed E-state index contributed by atoms with van der Waals surface area (Å²) in [7, 11) is 1.77. The summed E-state index contributed by atoms with van der Waals surface area (Å²) in [5.74, 6) is 1.66. The Bertz CT molecular complexity index is 842. The van der Waals surface area contributed by atoms with Crippen molar-refractivity contribution in [2.45, 2.75) is 29.9 Å². The number of thioether (sulfide) groups is 1. The number of aliphatic imine (C=N–C) groups is 1. The molecular formula is C22H28N4O2S. The van der Waals surface area contributed by atoms with Gasteiger partial charge in [0.2, 0.25) is 5.91 Å². The number of fused-ring (bicyclic) bond motifs is 1. The first-order chi connectivity index (χ1) is 14.1. The van der Waals surface area contributed by atoms with Gasteiger partial charge in [-0.05, 0) is 42.3 Å². The number of nitrogens with one attached hydrogen (secondary N) is 3. The summed E-state index contributed by atoms with van der Waals surface area (Å²) in [6, 6.07) is 16.2. The molecule has 1 aliphatic rings. The maximum absolute atomic E-state index is 11.4. The molecule has 0 saturated carbocycles. The molecule has 1 amide bonds. The van der Waals surface area contributed by atoms with Crippen molar-refractivity contribution in [1.29, 1.82) is 0 Å². The lowest BCUT2D eigenvalue weighted by Crippen LogP contribution is -2.41. The lowest BCUT2D eigenvalue weighted by atomic mass is 10.0. The van der Waals surface area contributed by atoms with Crippen LogP contribution < -0.4 is 20.7 Å². The van der Waals surface area contributed by atoms with Crippen LogP contribution in [-0.2, 0) is 11.2 Å². The average Bonchev–Trinajstić information content (AvgIpc) is 2.74. The molecule has 0 aliphatic carbocycles. The number of hydrogen-bond acceptors (Lipinski definition) is 4. The standard InChI is InChI=1S/C22H28N4O2S/c1-16(29-19-6-4-3-5-7-19)15-25-22(23-2)24-12-13-28-18-9-10-20-17(14-18)8-11-21(27)26-20/h3-7,9-10,14,16H,8,11-13,15H2,1-2H3,(H,26,27)(H2,23,24,25). The highest BCUT2D eigenvalue weighted by atomic mass is 32.2. The highest BCUT2D eigenvalue weighted by Gasteiger charge is 2.15. The first-order valence-electron chi connectivity index (χ1n) is 9.86. The van der Waals surface area contributed by atoms with Crippen molar-refractivity contribution in [1.82, 2.24) is 10.6 Å². The smallest absolute Gasteiger partial charge is 0.224 e.